The number of benzene rings is 2. The van der Waals surface area contributed by atoms with Crippen LogP contribution in [-0.2, 0) is 15.9 Å². The molecule has 8 nitrogen and oxygen atoms in total. The summed E-state index contributed by atoms with van der Waals surface area (Å²) in [6.07, 6.45) is 2.91. The molecule has 1 aliphatic heterocycles. The molecule has 2 heterocycles. The molecular weight excluding hydrogens is 432 g/mol. The van der Waals surface area contributed by atoms with Crippen molar-refractivity contribution in [3.63, 3.8) is 0 Å². The topological polar surface area (TPSA) is 94.8 Å². The Labute approximate surface area is 198 Å². The zero-order valence-corrected chi connectivity index (χ0v) is 19.3. The highest BCUT2D eigenvalue weighted by Gasteiger charge is 2.29. The number of hydrogen-bond donors (Lipinski definition) is 1. The van der Waals surface area contributed by atoms with E-state index in [1.807, 2.05) is 50.2 Å². The first-order valence-corrected chi connectivity index (χ1v) is 11.3. The highest BCUT2D eigenvalue weighted by molar-refractivity contribution is 5.89. The fourth-order valence-corrected chi connectivity index (χ4v) is 3.76. The fourth-order valence-electron chi connectivity index (χ4n) is 3.76. The largest absolute Gasteiger partial charge is 0.459 e. The van der Waals surface area contributed by atoms with Gasteiger partial charge in [0.15, 0.2) is 5.82 Å². The molecule has 1 fully saturated rings. The van der Waals surface area contributed by atoms with Crippen LogP contribution in [0.25, 0.3) is 0 Å². The van der Waals surface area contributed by atoms with Gasteiger partial charge in [-0.25, -0.2) is 9.59 Å². The van der Waals surface area contributed by atoms with E-state index in [4.69, 9.17) is 9.47 Å². The second-order valence-corrected chi connectivity index (χ2v) is 8.39. The molecular formula is C26H28N4O4. The monoisotopic (exact) mass is 460 g/mol. The summed E-state index contributed by atoms with van der Waals surface area (Å²) in [4.78, 5) is 29.3. The van der Waals surface area contributed by atoms with Crippen molar-refractivity contribution >= 4 is 17.5 Å². The number of anilines is 1. The normalized spacial score (nSPS) is 17.2. The van der Waals surface area contributed by atoms with Crippen LogP contribution in [0.15, 0.2) is 76.8 Å². The molecule has 0 saturated carbocycles. The lowest BCUT2D eigenvalue weighted by molar-refractivity contribution is -0.0340. The Hall–Kier alpha value is -3.78. The standard InChI is InChI=1S/C26H28N4O4/c1-18(2)28-29-24-21(15-19-9-5-3-6-10-19)16-30(26(32)27-24)23-14-13-22(34-23)17-33-25(31)20-11-7-4-8-12-20/h3-12,16,22-23H,13-15,17H2,1-2H3,(H,27,29,32)/t22-,23+/m0/s1. The number of rotatable bonds is 8. The van der Waals surface area contributed by atoms with Crippen LogP contribution in [0, 0.1) is 0 Å². The molecule has 0 radical (unpaired) electrons. The van der Waals surface area contributed by atoms with Crippen molar-refractivity contribution in [2.75, 3.05) is 12.0 Å². The smallest absolute Gasteiger partial charge is 0.351 e. The minimum absolute atomic E-state index is 0.132. The number of hydrazone groups is 1. The van der Waals surface area contributed by atoms with Crippen molar-refractivity contribution in [2.24, 2.45) is 5.10 Å². The van der Waals surface area contributed by atoms with Crippen LogP contribution in [0.4, 0.5) is 5.82 Å². The van der Waals surface area contributed by atoms with Gasteiger partial charge >= 0.3 is 11.7 Å². The Morgan fingerprint density at radius 3 is 2.53 bits per heavy atom. The van der Waals surface area contributed by atoms with Gasteiger partial charge in [-0.3, -0.25) is 9.99 Å². The second-order valence-electron chi connectivity index (χ2n) is 8.39. The van der Waals surface area contributed by atoms with Crippen molar-refractivity contribution in [1.29, 1.82) is 0 Å². The molecule has 0 spiro atoms. The molecule has 176 valence electrons. The molecule has 0 bridgehead atoms. The average Bonchev–Trinajstić information content (AvgIpc) is 3.32. The van der Waals surface area contributed by atoms with Gasteiger partial charge in [-0.1, -0.05) is 48.5 Å². The van der Waals surface area contributed by atoms with Gasteiger partial charge in [0.25, 0.3) is 0 Å². The highest BCUT2D eigenvalue weighted by Crippen LogP contribution is 2.28. The Kier molecular flexibility index (Phi) is 7.49. The van der Waals surface area contributed by atoms with Crippen molar-refractivity contribution in [2.45, 2.75) is 45.4 Å². The van der Waals surface area contributed by atoms with E-state index >= 15 is 0 Å². The molecule has 3 aromatic rings. The minimum atomic E-state index is -0.472. The third-order valence-electron chi connectivity index (χ3n) is 5.46. The quantitative estimate of drug-likeness (QED) is 0.308. The summed E-state index contributed by atoms with van der Waals surface area (Å²) in [5.41, 5.74) is 5.73. The number of carbonyl (C=O) groups is 1. The summed E-state index contributed by atoms with van der Waals surface area (Å²) >= 11 is 0. The molecule has 1 aliphatic rings. The molecule has 0 unspecified atom stereocenters. The molecule has 0 amide bonds. The number of aromatic nitrogens is 2. The van der Waals surface area contributed by atoms with Gasteiger partial charge in [0, 0.05) is 23.9 Å². The number of nitrogens with zero attached hydrogens (tertiary/aromatic N) is 3. The zero-order chi connectivity index (χ0) is 23.9. The maximum atomic E-state index is 12.8. The maximum absolute atomic E-state index is 12.8. The molecule has 1 aromatic heterocycles. The molecule has 2 atom stereocenters. The third kappa shape index (κ3) is 5.96. The Balaban J connectivity index is 1.48. The second kappa shape index (κ2) is 10.9. The predicted molar refractivity (Wildman–Crippen MR) is 130 cm³/mol. The van der Waals surface area contributed by atoms with E-state index in [1.54, 1.807) is 30.5 Å². The van der Waals surface area contributed by atoms with Gasteiger partial charge in [-0.2, -0.15) is 10.1 Å². The van der Waals surface area contributed by atoms with Crippen LogP contribution >= 0.6 is 0 Å². The van der Waals surface area contributed by atoms with E-state index < -0.39 is 11.9 Å². The Bertz CT molecular complexity index is 1200. The summed E-state index contributed by atoms with van der Waals surface area (Å²) in [5.74, 6) is 0.0384. The SMILES string of the molecule is CC(C)=NNc1nc(=O)n([C@H]2CC[C@@H](COC(=O)c3ccccc3)O2)cc1Cc1ccccc1. The van der Waals surface area contributed by atoms with Crippen molar-refractivity contribution in [3.8, 4) is 0 Å². The van der Waals surface area contributed by atoms with E-state index in [9.17, 15) is 9.59 Å². The lowest BCUT2D eigenvalue weighted by Gasteiger charge is -2.18. The van der Waals surface area contributed by atoms with Crippen LogP contribution in [0.5, 0.6) is 0 Å². The number of hydrogen-bond acceptors (Lipinski definition) is 7. The van der Waals surface area contributed by atoms with Gasteiger partial charge in [-0.15, -0.1) is 0 Å². The van der Waals surface area contributed by atoms with Gasteiger partial charge in [-0.05, 0) is 44.4 Å². The first kappa shape index (κ1) is 23.4. The molecule has 0 aliphatic carbocycles. The van der Waals surface area contributed by atoms with Crippen molar-refractivity contribution < 1.29 is 14.3 Å². The summed E-state index contributed by atoms with van der Waals surface area (Å²) in [6, 6.07) is 18.8. The molecule has 34 heavy (non-hydrogen) atoms. The van der Waals surface area contributed by atoms with Crippen LogP contribution in [-0.4, -0.2) is 33.9 Å². The number of ether oxygens (including phenoxy) is 2. The van der Waals surface area contributed by atoms with E-state index in [0.717, 1.165) is 16.8 Å². The van der Waals surface area contributed by atoms with E-state index in [2.05, 4.69) is 15.5 Å². The van der Waals surface area contributed by atoms with E-state index in [0.29, 0.717) is 30.6 Å². The lowest BCUT2D eigenvalue weighted by atomic mass is 10.1. The summed E-state index contributed by atoms with van der Waals surface area (Å²) < 4.78 is 13.0. The van der Waals surface area contributed by atoms with Crippen molar-refractivity contribution in [1.82, 2.24) is 9.55 Å². The number of nitrogens with one attached hydrogen (secondary N) is 1. The summed E-state index contributed by atoms with van der Waals surface area (Å²) in [6.45, 7) is 3.86. The van der Waals surface area contributed by atoms with Crippen LogP contribution in [0.3, 0.4) is 0 Å². The lowest BCUT2D eigenvalue weighted by Crippen LogP contribution is -2.29. The van der Waals surface area contributed by atoms with Crippen LogP contribution in [0.1, 0.15) is 54.4 Å². The zero-order valence-electron chi connectivity index (χ0n) is 19.3. The summed E-state index contributed by atoms with van der Waals surface area (Å²) in [7, 11) is 0. The minimum Gasteiger partial charge on any atom is -0.459 e. The molecule has 1 N–H and O–H groups in total. The van der Waals surface area contributed by atoms with E-state index in [-0.39, 0.29) is 18.7 Å². The molecule has 1 saturated heterocycles. The number of esters is 1. The Morgan fingerprint density at radius 1 is 1.12 bits per heavy atom. The first-order valence-electron chi connectivity index (χ1n) is 11.3. The molecule has 2 aromatic carbocycles. The van der Waals surface area contributed by atoms with E-state index in [1.165, 1.54) is 4.57 Å². The highest BCUT2D eigenvalue weighted by atomic mass is 16.6. The van der Waals surface area contributed by atoms with Crippen LogP contribution < -0.4 is 11.1 Å². The van der Waals surface area contributed by atoms with Crippen molar-refractivity contribution in [3.05, 3.63) is 94.0 Å². The molecule has 4 rings (SSSR count). The Morgan fingerprint density at radius 2 is 1.82 bits per heavy atom. The number of carbonyl (C=O) groups excluding carboxylic acids is 1. The van der Waals surface area contributed by atoms with Gasteiger partial charge in [0.2, 0.25) is 0 Å². The average molecular weight is 461 g/mol. The first-order chi connectivity index (χ1) is 16.5. The molecule has 8 heteroatoms. The van der Waals surface area contributed by atoms with Crippen LogP contribution in [0.2, 0.25) is 0 Å². The summed E-state index contributed by atoms with van der Waals surface area (Å²) in [5, 5.41) is 4.22. The third-order valence-corrected chi connectivity index (χ3v) is 5.46. The van der Waals surface area contributed by atoms with Gasteiger partial charge in [0.05, 0.1) is 11.7 Å². The van der Waals surface area contributed by atoms with Gasteiger partial charge < -0.3 is 9.47 Å². The predicted octanol–water partition coefficient (Wildman–Crippen LogP) is 4.18. The fraction of sp³-hybridized carbons (Fsp3) is 0.308. The maximum Gasteiger partial charge on any atom is 0.351 e. The van der Waals surface area contributed by atoms with Gasteiger partial charge in [0.1, 0.15) is 12.8 Å².